The normalized spacial score (nSPS) is 25.6. The van der Waals surface area contributed by atoms with Crippen LogP contribution in [0, 0.1) is 0 Å². The van der Waals surface area contributed by atoms with Crippen molar-refractivity contribution in [2.45, 2.75) is 43.7 Å². The van der Waals surface area contributed by atoms with Gasteiger partial charge in [-0.15, -0.1) is 11.8 Å². The van der Waals surface area contributed by atoms with Gasteiger partial charge in [-0.2, -0.15) is 0 Å². The molecule has 140 valence electrons. The zero-order chi connectivity index (χ0) is 18.9. The molecule has 3 atom stereocenters. The van der Waals surface area contributed by atoms with Gasteiger partial charge in [0.05, 0.1) is 12.0 Å². The van der Waals surface area contributed by atoms with E-state index in [0.29, 0.717) is 23.6 Å². The number of amides is 2. The van der Waals surface area contributed by atoms with Gasteiger partial charge in [0.1, 0.15) is 11.8 Å². The number of methoxy groups -OCH3 is 1. The molecule has 1 aromatic carbocycles. The highest BCUT2D eigenvalue weighted by Gasteiger charge is 2.53. The number of hydrogen-bond donors (Lipinski definition) is 1. The number of anilines is 1. The van der Waals surface area contributed by atoms with Gasteiger partial charge in [0.25, 0.3) is 5.91 Å². The Kier molecular flexibility index (Phi) is 5.13. The van der Waals surface area contributed by atoms with Crippen LogP contribution in [0.25, 0.3) is 0 Å². The molecule has 0 radical (unpaired) electrons. The third-order valence-corrected chi connectivity index (χ3v) is 6.24. The van der Waals surface area contributed by atoms with E-state index in [1.165, 1.54) is 6.92 Å². The Morgan fingerprint density at radius 2 is 2.04 bits per heavy atom. The summed E-state index contributed by atoms with van der Waals surface area (Å²) in [6.07, 6.45) is 0.216. The monoisotopic (exact) mass is 378 g/mol. The summed E-state index contributed by atoms with van der Waals surface area (Å²) >= 11 is 1.59. The van der Waals surface area contributed by atoms with Gasteiger partial charge in [-0.3, -0.25) is 9.59 Å². The number of carbonyl (C=O) groups excluding carboxylic acids is 3. The van der Waals surface area contributed by atoms with Crippen LogP contribution in [0.4, 0.5) is 5.69 Å². The Bertz CT molecular complexity index is 723. The lowest BCUT2D eigenvalue weighted by atomic mass is 10.2. The molecule has 2 amide bonds. The summed E-state index contributed by atoms with van der Waals surface area (Å²) < 4.78 is 10.4. The lowest BCUT2D eigenvalue weighted by molar-refractivity contribution is -0.160. The van der Waals surface area contributed by atoms with Crippen LogP contribution in [-0.4, -0.2) is 52.6 Å². The Morgan fingerprint density at radius 1 is 1.35 bits per heavy atom. The molecule has 0 aliphatic carbocycles. The molecule has 2 saturated heterocycles. The van der Waals surface area contributed by atoms with Crippen LogP contribution in [-0.2, 0) is 19.1 Å². The SMILES string of the molecule is COc1ccc(NC(=O)[C@@H](C)OC(=O)[C@@H]2CS[C@@]3(C)CCC(=O)N23)cc1. The van der Waals surface area contributed by atoms with Crippen LogP contribution in [0.1, 0.15) is 26.7 Å². The third kappa shape index (κ3) is 3.51. The molecule has 2 fully saturated rings. The highest BCUT2D eigenvalue weighted by Crippen LogP contribution is 2.47. The standard InChI is InChI=1S/C18H22N2O5S/c1-11(16(22)19-12-4-6-13(24-3)7-5-12)25-17(23)14-10-26-18(2)9-8-15(21)20(14)18/h4-7,11,14H,8-10H2,1-3H3,(H,19,22)/t11-,14+,18+/m1/s1. The molecule has 7 nitrogen and oxygen atoms in total. The van der Waals surface area contributed by atoms with E-state index < -0.39 is 24.0 Å². The van der Waals surface area contributed by atoms with E-state index in [1.54, 1.807) is 48.0 Å². The van der Waals surface area contributed by atoms with Crippen molar-refractivity contribution in [1.29, 1.82) is 0 Å². The number of hydrogen-bond acceptors (Lipinski definition) is 6. The van der Waals surface area contributed by atoms with Crippen molar-refractivity contribution >= 4 is 35.2 Å². The maximum atomic E-state index is 12.5. The van der Waals surface area contributed by atoms with Crippen LogP contribution < -0.4 is 10.1 Å². The van der Waals surface area contributed by atoms with Crippen molar-refractivity contribution in [2.24, 2.45) is 0 Å². The number of fused-ring (bicyclic) bond motifs is 1. The van der Waals surface area contributed by atoms with Gasteiger partial charge < -0.3 is 19.7 Å². The average molecular weight is 378 g/mol. The van der Waals surface area contributed by atoms with Gasteiger partial charge in [0.15, 0.2) is 6.10 Å². The van der Waals surface area contributed by atoms with Crippen molar-refractivity contribution in [3.8, 4) is 5.75 Å². The predicted octanol–water partition coefficient (Wildman–Crippen LogP) is 2.02. The quantitative estimate of drug-likeness (QED) is 0.789. The van der Waals surface area contributed by atoms with Crippen LogP contribution in [0.5, 0.6) is 5.75 Å². The number of nitrogens with one attached hydrogen (secondary N) is 1. The maximum absolute atomic E-state index is 12.5. The molecule has 3 rings (SSSR count). The number of carbonyl (C=O) groups is 3. The van der Waals surface area contributed by atoms with Gasteiger partial charge in [-0.1, -0.05) is 0 Å². The van der Waals surface area contributed by atoms with E-state index in [2.05, 4.69) is 5.32 Å². The summed E-state index contributed by atoms with van der Waals surface area (Å²) in [6.45, 7) is 3.49. The first-order valence-electron chi connectivity index (χ1n) is 8.45. The number of benzene rings is 1. The van der Waals surface area contributed by atoms with Crippen LogP contribution in [0.3, 0.4) is 0 Å². The fourth-order valence-electron chi connectivity index (χ4n) is 3.22. The summed E-state index contributed by atoms with van der Waals surface area (Å²) in [7, 11) is 1.56. The molecule has 1 aromatic rings. The minimum atomic E-state index is -0.959. The first-order valence-corrected chi connectivity index (χ1v) is 9.44. The first kappa shape index (κ1) is 18.6. The largest absolute Gasteiger partial charge is 0.497 e. The van der Waals surface area contributed by atoms with E-state index >= 15 is 0 Å². The van der Waals surface area contributed by atoms with Gasteiger partial charge in [0.2, 0.25) is 5.91 Å². The summed E-state index contributed by atoms with van der Waals surface area (Å²) in [4.78, 5) is 38.2. The van der Waals surface area contributed by atoms with E-state index in [9.17, 15) is 14.4 Å². The Morgan fingerprint density at radius 3 is 2.69 bits per heavy atom. The summed E-state index contributed by atoms with van der Waals surface area (Å²) in [5, 5.41) is 2.69. The molecule has 2 aliphatic heterocycles. The number of rotatable bonds is 5. The fourth-order valence-corrected chi connectivity index (χ4v) is 4.64. The number of nitrogens with zero attached hydrogens (tertiary/aromatic N) is 1. The van der Waals surface area contributed by atoms with Crippen LogP contribution in [0.15, 0.2) is 24.3 Å². The molecule has 2 heterocycles. The van der Waals surface area contributed by atoms with Gasteiger partial charge in [-0.25, -0.2) is 4.79 Å². The van der Waals surface area contributed by atoms with E-state index in [1.807, 2.05) is 6.92 Å². The minimum Gasteiger partial charge on any atom is -0.497 e. The highest BCUT2D eigenvalue weighted by atomic mass is 32.2. The van der Waals surface area contributed by atoms with E-state index in [-0.39, 0.29) is 10.8 Å². The smallest absolute Gasteiger partial charge is 0.330 e. The molecular formula is C18H22N2O5S. The molecule has 8 heteroatoms. The van der Waals surface area contributed by atoms with E-state index in [0.717, 1.165) is 6.42 Å². The zero-order valence-electron chi connectivity index (χ0n) is 15.0. The number of esters is 1. The number of thioether (sulfide) groups is 1. The predicted molar refractivity (Wildman–Crippen MR) is 97.9 cm³/mol. The fraction of sp³-hybridized carbons (Fsp3) is 0.500. The topological polar surface area (TPSA) is 84.9 Å². The summed E-state index contributed by atoms with van der Waals surface area (Å²) in [5.74, 6) is 0.182. The van der Waals surface area contributed by atoms with Gasteiger partial charge >= 0.3 is 5.97 Å². The molecule has 0 spiro atoms. The second-order valence-electron chi connectivity index (χ2n) is 6.56. The zero-order valence-corrected chi connectivity index (χ0v) is 15.8. The van der Waals surface area contributed by atoms with Crippen LogP contribution in [0.2, 0.25) is 0 Å². The van der Waals surface area contributed by atoms with Crippen molar-refractivity contribution in [3.05, 3.63) is 24.3 Å². The molecule has 0 aromatic heterocycles. The van der Waals surface area contributed by atoms with E-state index in [4.69, 9.17) is 9.47 Å². The third-order valence-electron chi connectivity index (χ3n) is 4.74. The van der Waals surface area contributed by atoms with Crippen molar-refractivity contribution in [2.75, 3.05) is 18.2 Å². The molecule has 2 aliphatic rings. The maximum Gasteiger partial charge on any atom is 0.330 e. The Labute approximate surface area is 156 Å². The molecular weight excluding hydrogens is 356 g/mol. The average Bonchev–Trinajstić information content (AvgIpc) is 3.11. The lowest BCUT2D eigenvalue weighted by Gasteiger charge is -2.29. The van der Waals surface area contributed by atoms with Gasteiger partial charge in [0, 0.05) is 17.9 Å². The van der Waals surface area contributed by atoms with Crippen LogP contribution >= 0.6 is 11.8 Å². The van der Waals surface area contributed by atoms with Crippen molar-refractivity contribution in [1.82, 2.24) is 4.90 Å². The molecule has 0 saturated carbocycles. The lowest BCUT2D eigenvalue weighted by Crippen LogP contribution is -2.48. The second-order valence-corrected chi connectivity index (χ2v) is 8.06. The highest BCUT2D eigenvalue weighted by molar-refractivity contribution is 8.01. The summed E-state index contributed by atoms with van der Waals surface area (Å²) in [6, 6.07) is 6.22. The Hall–Kier alpha value is -2.22. The number of ether oxygens (including phenoxy) is 2. The molecule has 26 heavy (non-hydrogen) atoms. The molecule has 0 bridgehead atoms. The first-order chi connectivity index (χ1) is 12.3. The summed E-state index contributed by atoms with van der Waals surface area (Å²) in [5.41, 5.74) is 0.581. The Balaban J connectivity index is 1.58. The molecule has 1 N–H and O–H groups in total. The second kappa shape index (κ2) is 7.19. The minimum absolute atomic E-state index is 0.0326. The molecule has 0 unspecified atom stereocenters. The van der Waals surface area contributed by atoms with Gasteiger partial charge in [-0.05, 0) is 44.5 Å². The van der Waals surface area contributed by atoms with Crippen molar-refractivity contribution in [3.63, 3.8) is 0 Å². The van der Waals surface area contributed by atoms with Crippen molar-refractivity contribution < 1.29 is 23.9 Å².